The summed E-state index contributed by atoms with van der Waals surface area (Å²) in [6.07, 6.45) is 2.10. The average Bonchev–Trinajstić information content (AvgIpc) is 3.07. The van der Waals surface area contributed by atoms with Crippen molar-refractivity contribution >= 4 is 23.6 Å². The Hall–Kier alpha value is -2.41. The number of amides is 1. The van der Waals surface area contributed by atoms with Gasteiger partial charge in [0.25, 0.3) is 5.91 Å². The van der Waals surface area contributed by atoms with E-state index in [-0.39, 0.29) is 18.7 Å². The zero-order valence-electron chi connectivity index (χ0n) is 13.4. The Morgan fingerprint density at radius 2 is 2.04 bits per heavy atom. The van der Waals surface area contributed by atoms with Crippen LogP contribution in [0.1, 0.15) is 16.1 Å². The third-order valence-corrected chi connectivity index (χ3v) is 4.15. The lowest BCUT2D eigenvalue weighted by Crippen LogP contribution is -2.34. The van der Waals surface area contributed by atoms with Crippen LogP contribution in [0, 0.1) is 5.92 Å². The highest BCUT2D eigenvalue weighted by Crippen LogP contribution is 2.21. The van der Waals surface area contributed by atoms with Crippen LogP contribution in [0.4, 0.5) is 0 Å². The molecule has 6 nitrogen and oxygen atoms in total. The summed E-state index contributed by atoms with van der Waals surface area (Å²) in [6, 6.07) is 10.5. The van der Waals surface area contributed by atoms with Crippen LogP contribution in [0.2, 0.25) is 0 Å². The first-order valence-electron chi connectivity index (χ1n) is 7.32. The highest BCUT2D eigenvalue weighted by molar-refractivity contribution is 7.98. The van der Waals surface area contributed by atoms with Crippen LogP contribution < -0.4 is 10.1 Å². The Bertz CT molecular complexity index is 713. The molecular formula is C17H19NO5S. The molecule has 2 aromatic rings. The van der Waals surface area contributed by atoms with E-state index in [4.69, 9.17) is 9.15 Å². The first-order chi connectivity index (χ1) is 11.5. The number of furan rings is 1. The lowest BCUT2D eigenvalue weighted by atomic mass is 9.98. The predicted octanol–water partition coefficient (Wildman–Crippen LogP) is 2.68. The summed E-state index contributed by atoms with van der Waals surface area (Å²) in [6.45, 7) is 0.00150. The molecule has 0 bridgehead atoms. The number of aliphatic carboxylic acids is 1. The molecule has 0 fully saturated rings. The van der Waals surface area contributed by atoms with E-state index in [9.17, 15) is 14.7 Å². The summed E-state index contributed by atoms with van der Waals surface area (Å²) in [5.41, 5.74) is 0.782. The highest BCUT2D eigenvalue weighted by Gasteiger charge is 2.21. The fraction of sp³-hybridized carbons (Fsp3) is 0.294. The number of carbonyl (C=O) groups is 2. The van der Waals surface area contributed by atoms with Gasteiger partial charge in [0.2, 0.25) is 0 Å². The topological polar surface area (TPSA) is 88.8 Å². The molecule has 1 aromatic carbocycles. The van der Waals surface area contributed by atoms with E-state index in [0.717, 1.165) is 5.56 Å². The second kappa shape index (κ2) is 8.44. The molecule has 0 saturated carbocycles. The molecule has 7 heteroatoms. The van der Waals surface area contributed by atoms with Gasteiger partial charge >= 0.3 is 5.97 Å². The molecule has 0 aliphatic carbocycles. The minimum absolute atomic E-state index is 0.00150. The molecule has 128 valence electrons. The summed E-state index contributed by atoms with van der Waals surface area (Å²) < 4.78 is 10.6. The zero-order chi connectivity index (χ0) is 17.5. The number of ether oxygens (including phenoxy) is 1. The smallest absolute Gasteiger partial charge is 0.308 e. The molecule has 1 amide bonds. The monoisotopic (exact) mass is 349 g/mol. The van der Waals surface area contributed by atoms with E-state index in [1.807, 2.05) is 24.5 Å². The molecule has 2 rings (SSSR count). The third-order valence-electron chi connectivity index (χ3n) is 3.52. The minimum Gasteiger partial charge on any atom is -0.496 e. The maximum Gasteiger partial charge on any atom is 0.308 e. The second-order valence-electron chi connectivity index (χ2n) is 5.08. The first kappa shape index (κ1) is 17.9. The van der Waals surface area contributed by atoms with Gasteiger partial charge in [-0.2, -0.15) is 0 Å². The zero-order valence-corrected chi connectivity index (χ0v) is 14.3. The number of thioether (sulfide) groups is 1. The van der Waals surface area contributed by atoms with Gasteiger partial charge in [-0.25, -0.2) is 0 Å². The molecule has 0 saturated heterocycles. The lowest BCUT2D eigenvalue weighted by molar-refractivity contribution is -0.141. The van der Waals surface area contributed by atoms with Gasteiger partial charge in [0, 0.05) is 6.54 Å². The number of nitrogens with one attached hydrogen (secondary N) is 1. The molecule has 24 heavy (non-hydrogen) atoms. The number of hydrogen-bond acceptors (Lipinski definition) is 5. The molecule has 0 aliphatic heterocycles. The standard InChI is InChI=1S/C17H19NO5S/c1-22-13-6-4-3-5-11(13)9-12(17(20)21)10-18-16(19)14-7-8-15(23-14)24-2/h3-8,12H,9-10H2,1-2H3,(H,18,19)(H,20,21). The van der Waals surface area contributed by atoms with E-state index >= 15 is 0 Å². The number of rotatable bonds is 8. The molecular weight excluding hydrogens is 330 g/mol. The Balaban J connectivity index is 2.01. The first-order valence-corrected chi connectivity index (χ1v) is 8.54. The summed E-state index contributed by atoms with van der Waals surface area (Å²) in [5, 5.41) is 12.6. The van der Waals surface area contributed by atoms with Crippen molar-refractivity contribution in [2.75, 3.05) is 19.9 Å². The van der Waals surface area contributed by atoms with E-state index in [2.05, 4.69) is 5.32 Å². The van der Waals surface area contributed by atoms with Crippen molar-refractivity contribution in [3.05, 3.63) is 47.7 Å². The highest BCUT2D eigenvalue weighted by atomic mass is 32.2. The van der Waals surface area contributed by atoms with Crippen LogP contribution in [0.15, 0.2) is 45.9 Å². The summed E-state index contributed by atoms with van der Waals surface area (Å²) >= 11 is 1.39. The van der Waals surface area contributed by atoms with Gasteiger partial charge in [0.15, 0.2) is 10.9 Å². The molecule has 1 heterocycles. The fourth-order valence-electron chi connectivity index (χ4n) is 2.24. The maximum absolute atomic E-state index is 12.0. The Kier molecular flexibility index (Phi) is 6.31. The van der Waals surface area contributed by atoms with E-state index < -0.39 is 17.8 Å². The van der Waals surface area contributed by atoms with Crippen LogP contribution in [0.3, 0.4) is 0 Å². The summed E-state index contributed by atoms with van der Waals surface area (Å²) in [5.74, 6) is -1.38. The molecule has 1 unspecified atom stereocenters. The fourth-order valence-corrected chi connectivity index (χ4v) is 2.62. The Morgan fingerprint density at radius 1 is 1.29 bits per heavy atom. The minimum atomic E-state index is -0.981. The maximum atomic E-state index is 12.0. The summed E-state index contributed by atoms with van der Waals surface area (Å²) in [7, 11) is 1.54. The van der Waals surface area contributed by atoms with Crippen LogP contribution in [-0.2, 0) is 11.2 Å². The van der Waals surface area contributed by atoms with Gasteiger partial charge < -0.3 is 19.6 Å². The molecule has 0 radical (unpaired) electrons. The van der Waals surface area contributed by atoms with E-state index in [1.165, 1.54) is 18.9 Å². The summed E-state index contributed by atoms with van der Waals surface area (Å²) in [4.78, 5) is 23.5. The van der Waals surface area contributed by atoms with Crippen LogP contribution in [0.5, 0.6) is 5.75 Å². The molecule has 0 spiro atoms. The number of carbonyl (C=O) groups excluding carboxylic acids is 1. The Labute approximate surface area is 144 Å². The van der Waals surface area contributed by atoms with Crippen LogP contribution in [0.25, 0.3) is 0 Å². The predicted molar refractivity (Wildman–Crippen MR) is 90.6 cm³/mol. The van der Waals surface area contributed by atoms with E-state index in [1.54, 1.807) is 18.2 Å². The van der Waals surface area contributed by atoms with Gasteiger partial charge in [-0.15, -0.1) is 0 Å². The number of benzene rings is 1. The van der Waals surface area contributed by atoms with Crippen LogP contribution >= 0.6 is 11.8 Å². The van der Waals surface area contributed by atoms with Gasteiger partial charge in [0.1, 0.15) is 5.75 Å². The van der Waals surface area contributed by atoms with Crippen molar-refractivity contribution in [1.82, 2.24) is 5.32 Å². The SMILES string of the molecule is COc1ccccc1CC(CNC(=O)c1ccc(SC)o1)C(=O)O. The quantitative estimate of drug-likeness (QED) is 0.712. The number of carboxylic acids is 1. The second-order valence-corrected chi connectivity index (χ2v) is 5.89. The van der Waals surface area contributed by atoms with Crippen molar-refractivity contribution in [2.45, 2.75) is 11.5 Å². The van der Waals surface area contributed by atoms with Gasteiger partial charge in [-0.1, -0.05) is 30.0 Å². The molecule has 1 atom stereocenters. The van der Waals surface area contributed by atoms with Gasteiger partial charge in [0.05, 0.1) is 13.0 Å². The van der Waals surface area contributed by atoms with Crippen molar-refractivity contribution in [3.8, 4) is 5.75 Å². The number of carboxylic acid groups (broad SMARTS) is 1. The van der Waals surface area contributed by atoms with Crippen molar-refractivity contribution in [3.63, 3.8) is 0 Å². The number of para-hydroxylation sites is 1. The van der Waals surface area contributed by atoms with Crippen LogP contribution in [-0.4, -0.2) is 36.9 Å². The Morgan fingerprint density at radius 3 is 2.67 bits per heavy atom. The lowest BCUT2D eigenvalue weighted by Gasteiger charge is -2.15. The number of methoxy groups -OCH3 is 1. The average molecular weight is 349 g/mol. The van der Waals surface area contributed by atoms with Gasteiger partial charge in [-0.05, 0) is 36.4 Å². The number of hydrogen-bond donors (Lipinski definition) is 2. The van der Waals surface area contributed by atoms with Gasteiger partial charge in [-0.3, -0.25) is 9.59 Å². The van der Waals surface area contributed by atoms with E-state index in [0.29, 0.717) is 10.8 Å². The van der Waals surface area contributed by atoms with Crippen molar-refractivity contribution < 1.29 is 23.8 Å². The molecule has 0 aliphatic rings. The molecule has 1 aromatic heterocycles. The van der Waals surface area contributed by atoms with Crippen molar-refractivity contribution in [1.29, 1.82) is 0 Å². The largest absolute Gasteiger partial charge is 0.496 e. The van der Waals surface area contributed by atoms with Crippen molar-refractivity contribution in [2.24, 2.45) is 5.92 Å². The third kappa shape index (κ3) is 4.55. The normalized spacial score (nSPS) is 11.8. The molecule has 2 N–H and O–H groups in total.